The predicted octanol–water partition coefficient (Wildman–Crippen LogP) is 0.826. The number of hydrogen-bond acceptors (Lipinski definition) is 2. The number of amides is 1. The molecule has 1 aromatic rings. The van der Waals surface area contributed by atoms with Gasteiger partial charge in [0.2, 0.25) is 0 Å². The maximum absolute atomic E-state index is 11.5. The van der Waals surface area contributed by atoms with E-state index in [1.165, 1.54) is 0 Å². The van der Waals surface area contributed by atoms with Gasteiger partial charge in [-0.25, -0.2) is 0 Å². The number of aromatic amines is 1. The lowest BCUT2D eigenvalue weighted by Crippen LogP contribution is -2.22. The SMILES string of the molecule is CCNCc1ccc(C(=O)N(C)C)[nH]1. The first-order chi connectivity index (χ1) is 6.65. The third-order valence-corrected chi connectivity index (χ3v) is 1.95. The molecule has 0 aliphatic rings. The lowest BCUT2D eigenvalue weighted by atomic mass is 10.4. The number of nitrogens with zero attached hydrogens (tertiary/aromatic N) is 1. The molecule has 0 aliphatic heterocycles. The highest BCUT2D eigenvalue weighted by molar-refractivity contribution is 5.92. The van der Waals surface area contributed by atoms with Crippen molar-refractivity contribution in [2.24, 2.45) is 0 Å². The van der Waals surface area contributed by atoms with Crippen LogP contribution in [0, 0.1) is 0 Å². The molecule has 0 spiro atoms. The Morgan fingerprint density at radius 2 is 2.21 bits per heavy atom. The Labute approximate surface area is 84.3 Å². The number of H-pyrrole nitrogens is 1. The monoisotopic (exact) mass is 195 g/mol. The fourth-order valence-electron chi connectivity index (χ4n) is 1.17. The van der Waals surface area contributed by atoms with Crippen molar-refractivity contribution < 1.29 is 4.79 Å². The van der Waals surface area contributed by atoms with E-state index in [0.717, 1.165) is 18.8 Å². The number of aromatic nitrogens is 1. The van der Waals surface area contributed by atoms with E-state index in [1.807, 2.05) is 12.1 Å². The molecule has 0 unspecified atom stereocenters. The topological polar surface area (TPSA) is 48.1 Å². The van der Waals surface area contributed by atoms with Crippen LogP contribution in [0.5, 0.6) is 0 Å². The molecular weight excluding hydrogens is 178 g/mol. The molecule has 14 heavy (non-hydrogen) atoms. The van der Waals surface area contributed by atoms with Crippen LogP contribution in [-0.4, -0.2) is 36.4 Å². The van der Waals surface area contributed by atoms with Crippen LogP contribution in [0.15, 0.2) is 12.1 Å². The number of nitrogens with one attached hydrogen (secondary N) is 2. The van der Waals surface area contributed by atoms with Gasteiger partial charge in [-0.3, -0.25) is 4.79 Å². The molecule has 1 rings (SSSR count). The molecule has 4 heteroatoms. The maximum atomic E-state index is 11.5. The zero-order valence-corrected chi connectivity index (χ0v) is 8.92. The first-order valence-electron chi connectivity index (χ1n) is 4.75. The second-order valence-corrected chi connectivity index (χ2v) is 3.38. The molecule has 2 N–H and O–H groups in total. The van der Waals surface area contributed by atoms with Gasteiger partial charge >= 0.3 is 0 Å². The molecular formula is C10H17N3O. The summed E-state index contributed by atoms with van der Waals surface area (Å²) >= 11 is 0. The van der Waals surface area contributed by atoms with Gasteiger partial charge in [-0.2, -0.15) is 0 Å². The summed E-state index contributed by atoms with van der Waals surface area (Å²) in [5.74, 6) is 0.00717. The first-order valence-corrected chi connectivity index (χ1v) is 4.75. The van der Waals surface area contributed by atoms with Crippen LogP contribution in [0.3, 0.4) is 0 Å². The molecule has 0 aromatic carbocycles. The van der Waals surface area contributed by atoms with Crippen molar-refractivity contribution in [2.75, 3.05) is 20.6 Å². The van der Waals surface area contributed by atoms with E-state index in [2.05, 4.69) is 17.2 Å². The van der Waals surface area contributed by atoms with Gasteiger partial charge in [0.15, 0.2) is 0 Å². The van der Waals surface area contributed by atoms with Gasteiger partial charge in [0, 0.05) is 26.3 Å². The Hall–Kier alpha value is -1.29. The Bertz CT molecular complexity index is 304. The summed E-state index contributed by atoms with van der Waals surface area (Å²) in [5, 5.41) is 3.19. The highest BCUT2D eigenvalue weighted by Crippen LogP contribution is 2.03. The predicted molar refractivity (Wildman–Crippen MR) is 56.2 cm³/mol. The van der Waals surface area contributed by atoms with E-state index in [9.17, 15) is 4.79 Å². The van der Waals surface area contributed by atoms with Crippen LogP contribution in [0.2, 0.25) is 0 Å². The second-order valence-electron chi connectivity index (χ2n) is 3.38. The summed E-state index contributed by atoms with van der Waals surface area (Å²) in [6, 6.07) is 3.74. The van der Waals surface area contributed by atoms with Gasteiger partial charge in [-0.15, -0.1) is 0 Å². The molecule has 0 bridgehead atoms. The van der Waals surface area contributed by atoms with E-state index in [-0.39, 0.29) is 5.91 Å². The summed E-state index contributed by atoms with van der Waals surface area (Å²) in [5.41, 5.74) is 1.68. The molecule has 1 heterocycles. The number of carbonyl (C=O) groups excluding carboxylic acids is 1. The van der Waals surface area contributed by atoms with E-state index in [4.69, 9.17) is 0 Å². The molecule has 0 saturated heterocycles. The van der Waals surface area contributed by atoms with E-state index >= 15 is 0 Å². The summed E-state index contributed by atoms with van der Waals surface area (Å²) in [6.45, 7) is 3.75. The van der Waals surface area contributed by atoms with Crippen molar-refractivity contribution in [3.63, 3.8) is 0 Å². The smallest absolute Gasteiger partial charge is 0.269 e. The molecule has 0 saturated carbocycles. The molecule has 78 valence electrons. The molecule has 4 nitrogen and oxygen atoms in total. The second kappa shape index (κ2) is 4.81. The minimum atomic E-state index is 0.00717. The Kier molecular flexibility index (Phi) is 3.71. The van der Waals surface area contributed by atoms with Crippen LogP contribution in [0.4, 0.5) is 0 Å². The lowest BCUT2D eigenvalue weighted by Gasteiger charge is -2.07. The number of carbonyl (C=O) groups is 1. The van der Waals surface area contributed by atoms with Crippen molar-refractivity contribution in [3.05, 3.63) is 23.5 Å². The fraction of sp³-hybridized carbons (Fsp3) is 0.500. The normalized spacial score (nSPS) is 10.2. The zero-order valence-electron chi connectivity index (χ0n) is 8.92. The summed E-state index contributed by atoms with van der Waals surface area (Å²) in [4.78, 5) is 16.1. The van der Waals surface area contributed by atoms with Crippen LogP contribution < -0.4 is 5.32 Å². The molecule has 0 aliphatic carbocycles. The van der Waals surface area contributed by atoms with Gasteiger partial charge < -0.3 is 15.2 Å². The van der Waals surface area contributed by atoms with Crippen molar-refractivity contribution >= 4 is 5.91 Å². The summed E-state index contributed by atoms with van der Waals surface area (Å²) in [7, 11) is 3.49. The third-order valence-electron chi connectivity index (χ3n) is 1.95. The lowest BCUT2D eigenvalue weighted by molar-refractivity contribution is 0.0822. The molecule has 0 atom stereocenters. The van der Waals surface area contributed by atoms with Crippen molar-refractivity contribution in [3.8, 4) is 0 Å². The molecule has 1 amide bonds. The summed E-state index contributed by atoms with van der Waals surface area (Å²) < 4.78 is 0. The van der Waals surface area contributed by atoms with Crippen molar-refractivity contribution in [2.45, 2.75) is 13.5 Å². The van der Waals surface area contributed by atoms with Crippen molar-refractivity contribution in [1.29, 1.82) is 0 Å². The largest absolute Gasteiger partial charge is 0.353 e. The Balaban J connectivity index is 2.63. The van der Waals surface area contributed by atoms with Crippen LogP contribution in [0.1, 0.15) is 23.1 Å². The third kappa shape index (κ3) is 2.60. The quantitative estimate of drug-likeness (QED) is 0.747. The first kappa shape index (κ1) is 10.8. The highest BCUT2D eigenvalue weighted by Gasteiger charge is 2.09. The number of rotatable bonds is 4. The van der Waals surface area contributed by atoms with Gasteiger partial charge in [0.05, 0.1) is 0 Å². The van der Waals surface area contributed by atoms with Crippen LogP contribution in [-0.2, 0) is 6.54 Å². The minimum absolute atomic E-state index is 0.00717. The van der Waals surface area contributed by atoms with Gasteiger partial charge in [-0.1, -0.05) is 6.92 Å². The zero-order chi connectivity index (χ0) is 10.6. The van der Waals surface area contributed by atoms with Gasteiger partial charge in [0.25, 0.3) is 5.91 Å². The average Bonchev–Trinajstić information content (AvgIpc) is 2.61. The van der Waals surface area contributed by atoms with E-state index < -0.39 is 0 Å². The molecule has 1 aromatic heterocycles. The van der Waals surface area contributed by atoms with E-state index in [0.29, 0.717) is 5.69 Å². The standard InChI is InChI=1S/C10H17N3O/c1-4-11-7-8-5-6-9(12-8)10(14)13(2)3/h5-6,11-12H,4,7H2,1-3H3. The summed E-state index contributed by atoms with van der Waals surface area (Å²) in [6.07, 6.45) is 0. The van der Waals surface area contributed by atoms with E-state index in [1.54, 1.807) is 19.0 Å². The van der Waals surface area contributed by atoms with Crippen molar-refractivity contribution in [1.82, 2.24) is 15.2 Å². The average molecular weight is 195 g/mol. The Morgan fingerprint density at radius 3 is 2.79 bits per heavy atom. The van der Waals surface area contributed by atoms with Gasteiger partial charge in [-0.05, 0) is 18.7 Å². The van der Waals surface area contributed by atoms with Crippen LogP contribution in [0.25, 0.3) is 0 Å². The molecule has 0 fully saturated rings. The van der Waals surface area contributed by atoms with Gasteiger partial charge in [0.1, 0.15) is 5.69 Å². The minimum Gasteiger partial charge on any atom is -0.353 e. The maximum Gasteiger partial charge on any atom is 0.269 e. The van der Waals surface area contributed by atoms with Crippen LogP contribution >= 0.6 is 0 Å². The highest BCUT2D eigenvalue weighted by atomic mass is 16.2. The molecule has 0 radical (unpaired) electrons. The number of hydrogen-bond donors (Lipinski definition) is 2. The fourth-order valence-corrected chi connectivity index (χ4v) is 1.17. The Morgan fingerprint density at radius 1 is 1.50 bits per heavy atom.